The van der Waals surface area contributed by atoms with Gasteiger partial charge in [-0.3, -0.25) is 4.79 Å². The Bertz CT molecular complexity index is 301. The Morgan fingerprint density at radius 1 is 1.22 bits per heavy atom. The number of carbonyl (C=O) groups excluding carboxylic acids is 1. The normalized spacial score (nSPS) is 27.6. The van der Waals surface area contributed by atoms with E-state index in [9.17, 15) is 4.79 Å². The first-order valence-electron chi connectivity index (χ1n) is 7.05. The summed E-state index contributed by atoms with van der Waals surface area (Å²) in [6, 6.07) is 0.474. The lowest BCUT2D eigenvalue weighted by Gasteiger charge is -2.37. The summed E-state index contributed by atoms with van der Waals surface area (Å²) in [6.07, 6.45) is 4.79. The monoisotopic (exact) mass is 254 g/mol. The Hall–Kier alpha value is -0.650. The van der Waals surface area contributed by atoms with Crippen LogP contribution < -0.4 is 5.32 Å². The van der Waals surface area contributed by atoms with E-state index in [-0.39, 0.29) is 11.7 Å². The SMILES string of the molecule is O=C(CCN1CCC2(CC1)OCCO2)NC1CC1. The van der Waals surface area contributed by atoms with Crippen molar-refractivity contribution in [3.63, 3.8) is 0 Å². The van der Waals surface area contributed by atoms with E-state index in [2.05, 4.69) is 10.2 Å². The van der Waals surface area contributed by atoms with E-state index in [4.69, 9.17) is 9.47 Å². The third-order valence-corrected chi connectivity index (χ3v) is 4.03. The molecule has 102 valence electrons. The van der Waals surface area contributed by atoms with E-state index in [1.807, 2.05) is 0 Å². The van der Waals surface area contributed by atoms with Gasteiger partial charge >= 0.3 is 0 Å². The van der Waals surface area contributed by atoms with Crippen molar-refractivity contribution in [3.05, 3.63) is 0 Å². The van der Waals surface area contributed by atoms with Gasteiger partial charge in [-0.2, -0.15) is 0 Å². The van der Waals surface area contributed by atoms with Crippen molar-refractivity contribution in [1.29, 1.82) is 0 Å². The summed E-state index contributed by atoms with van der Waals surface area (Å²) < 4.78 is 11.4. The summed E-state index contributed by atoms with van der Waals surface area (Å²) in [5.74, 6) is -0.0987. The summed E-state index contributed by atoms with van der Waals surface area (Å²) >= 11 is 0. The first-order chi connectivity index (χ1) is 8.76. The quantitative estimate of drug-likeness (QED) is 0.793. The highest BCUT2D eigenvalue weighted by Gasteiger charge is 2.39. The van der Waals surface area contributed by atoms with E-state index >= 15 is 0 Å². The van der Waals surface area contributed by atoms with Gasteiger partial charge in [0.25, 0.3) is 0 Å². The highest BCUT2D eigenvalue weighted by molar-refractivity contribution is 5.76. The van der Waals surface area contributed by atoms with Crippen molar-refractivity contribution >= 4 is 5.91 Å². The molecule has 1 amide bonds. The fourth-order valence-electron chi connectivity index (χ4n) is 2.69. The maximum absolute atomic E-state index is 11.6. The smallest absolute Gasteiger partial charge is 0.221 e. The molecule has 0 radical (unpaired) electrons. The average Bonchev–Trinajstić information content (AvgIpc) is 3.08. The lowest BCUT2D eigenvalue weighted by Crippen LogP contribution is -2.46. The second kappa shape index (κ2) is 5.15. The highest BCUT2D eigenvalue weighted by atomic mass is 16.7. The van der Waals surface area contributed by atoms with Gasteiger partial charge in [-0.1, -0.05) is 0 Å². The largest absolute Gasteiger partial charge is 0.353 e. The van der Waals surface area contributed by atoms with E-state index in [0.717, 1.165) is 58.5 Å². The van der Waals surface area contributed by atoms with Crippen LogP contribution in [0.25, 0.3) is 0 Å². The van der Waals surface area contributed by atoms with Crippen molar-refractivity contribution in [2.45, 2.75) is 43.9 Å². The summed E-state index contributed by atoms with van der Waals surface area (Å²) in [7, 11) is 0. The number of carbonyl (C=O) groups is 1. The van der Waals surface area contributed by atoms with Crippen molar-refractivity contribution in [2.24, 2.45) is 0 Å². The zero-order chi connectivity index (χ0) is 12.4. The topological polar surface area (TPSA) is 50.8 Å². The van der Waals surface area contributed by atoms with Gasteiger partial charge in [0.05, 0.1) is 13.2 Å². The Balaban J connectivity index is 1.36. The van der Waals surface area contributed by atoms with Crippen molar-refractivity contribution < 1.29 is 14.3 Å². The molecule has 18 heavy (non-hydrogen) atoms. The van der Waals surface area contributed by atoms with Crippen LogP contribution >= 0.6 is 0 Å². The molecule has 5 heteroatoms. The minimum atomic E-state index is -0.299. The third-order valence-electron chi connectivity index (χ3n) is 4.03. The van der Waals surface area contributed by atoms with Crippen LogP contribution in [0.5, 0.6) is 0 Å². The van der Waals surface area contributed by atoms with Gasteiger partial charge in [0.1, 0.15) is 0 Å². The molecule has 1 spiro atoms. The molecule has 3 aliphatic rings. The van der Waals surface area contributed by atoms with E-state index in [1.54, 1.807) is 0 Å². The molecule has 1 aliphatic carbocycles. The van der Waals surface area contributed by atoms with Crippen molar-refractivity contribution in [3.8, 4) is 0 Å². The number of nitrogens with zero attached hydrogens (tertiary/aromatic N) is 1. The molecule has 5 nitrogen and oxygen atoms in total. The predicted molar refractivity (Wildman–Crippen MR) is 66.1 cm³/mol. The van der Waals surface area contributed by atoms with Crippen LogP contribution in [0.2, 0.25) is 0 Å². The maximum atomic E-state index is 11.6. The first-order valence-corrected chi connectivity index (χ1v) is 7.05. The number of likely N-dealkylation sites (tertiary alicyclic amines) is 1. The van der Waals surface area contributed by atoms with Crippen LogP contribution in [0.3, 0.4) is 0 Å². The highest BCUT2D eigenvalue weighted by Crippen LogP contribution is 2.31. The molecule has 0 bridgehead atoms. The number of hydrogen-bond donors (Lipinski definition) is 1. The van der Waals surface area contributed by atoms with E-state index < -0.39 is 0 Å². The minimum Gasteiger partial charge on any atom is -0.353 e. The summed E-state index contributed by atoms with van der Waals surface area (Å²) in [5, 5.41) is 3.03. The molecular formula is C13H22N2O3. The molecule has 1 N–H and O–H groups in total. The number of rotatable bonds is 4. The van der Waals surface area contributed by atoms with Gasteiger partial charge in [-0.15, -0.1) is 0 Å². The van der Waals surface area contributed by atoms with Crippen LogP contribution in [0, 0.1) is 0 Å². The van der Waals surface area contributed by atoms with Crippen LogP contribution in [0.4, 0.5) is 0 Å². The van der Waals surface area contributed by atoms with Gasteiger partial charge in [-0.25, -0.2) is 0 Å². The van der Waals surface area contributed by atoms with Crippen LogP contribution in [-0.4, -0.2) is 55.5 Å². The number of amides is 1. The van der Waals surface area contributed by atoms with Crippen LogP contribution in [-0.2, 0) is 14.3 Å². The molecule has 0 unspecified atom stereocenters. The maximum Gasteiger partial charge on any atom is 0.221 e. The molecule has 2 heterocycles. The van der Waals surface area contributed by atoms with Crippen LogP contribution in [0.1, 0.15) is 32.1 Å². The van der Waals surface area contributed by atoms with E-state index in [0.29, 0.717) is 12.5 Å². The number of hydrogen-bond acceptors (Lipinski definition) is 4. The minimum absolute atomic E-state index is 0.200. The van der Waals surface area contributed by atoms with Gasteiger partial charge in [0.2, 0.25) is 5.91 Å². The molecule has 3 rings (SSSR count). The van der Waals surface area contributed by atoms with Crippen LogP contribution in [0.15, 0.2) is 0 Å². The Morgan fingerprint density at radius 3 is 2.50 bits per heavy atom. The Morgan fingerprint density at radius 2 is 1.89 bits per heavy atom. The molecule has 0 aromatic rings. The zero-order valence-electron chi connectivity index (χ0n) is 10.8. The lowest BCUT2D eigenvalue weighted by atomic mass is 10.0. The zero-order valence-corrected chi connectivity index (χ0v) is 10.8. The molecule has 0 aromatic carbocycles. The standard InChI is InChI=1S/C13H22N2O3/c16-12(14-11-1-2-11)3-6-15-7-4-13(5-8-15)17-9-10-18-13/h11H,1-10H2,(H,14,16). The summed E-state index contributed by atoms with van der Waals surface area (Å²) in [5.41, 5.74) is 0. The molecule has 1 saturated carbocycles. The molecule has 3 fully saturated rings. The van der Waals surface area contributed by atoms with E-state index in [1.165, 1.54) is 0 Å². The second-order valence-corrected chi connectivity index (χ2v) is 5.54. The summed E-state index contributed by atoms with van der Waals surface area (Å²) in [6.45, 7) is 4.25. The molecular weight excluding hydrogens is 232 g/mol. The molecule has 0 aromatic heterocycles. The van der Waals surface area contributed by atoms with Crippen molar-refractivity contribution in [1.82, 2.24) is 10.2 Å². The number of ether oxygens (including phenoxy) is 2. The summed E-state index contributed by atoms with van der Waals surface area (Å²) in [4.78, 5) is 13.9. The average molecular weight is 254 g/mol. The molecule has 2 saturated heterocycles. The van der Waals surface area contributed by atoms with Gasteiger partial charge < -0.3 is 19.7 Å². The molecule has 2 aliphatic heterocycles. The number of piperidine rings is 1. The number of nitrogens with one attached hydrogen (secondary N) is 1. The van der Waals surface area contributed by atoms with Crippen molar-refractivity contribution in [2.75, 3.05) is 32.8 Å². The van der Waals surface area contributed by atoms with Gasteiger partial charge in [0.15, 0.2) is 5.79 Å². The lowest BCUT2D eigenvalue weighted by molar-refractivity contribution is -0.185. The molecule has 0 atom stereocenters. The fraction of sp³-hybridized carbons (Fsp3) is 0.923. The second-order valence-electron chi connectivity index (χ2n) is 5.54. The van der Waals surface area contributed by atoms with Gasteiger partial charge in [0, 0.05) is 44.9 Å². The Kier molecular flexibility index (Phi) is 3.54. The van der Waals surface area contributed by atoms with Gasteiger partial charge in [-0.05, 0) is 12.8 Å². The predicted octanol–water partition coefficient (Wildman–Crippen LogP) is 0.494. The fourth-order valence-corrected chi connectivity index (χ4v) is 2.69. The Labute approximate surface area is 108 Å². The first kappa shape index (κ1) is 12.4. The third kappa shape index (κ3) is 3.02.